The average Bonchev–Trinajstić information content (AvgIpc) is 2.98. The minimum absolute atomic E-state index is 0.156. The molecule has 0 aliphatic heterocycles. The minimum Gasteiger partial charge on any atom is -0.425 e. The molecule has 3 rings (SSSR count). The van der Waals surface area contributed by atoms with E-state index in [1.54, 1.807) is 13.0 Å². The van der Waals surface area contributed by atoms with Crippen molar-refractivity contribution in [3.05, 3.63) is 48.7 Å². The maximum Gasteiger partial charge on any atom is 0.329 e. The van der Waals surface area contributed by atoms with Crippen molar-refractivity contribution in [2.75, 3.05) is 5.32 Å². The normalized spacial score (nSPS) is 13.3. The molecule has 1 N–H and O–H groups in total. The number of halogens is 1. The van der Waals surface area contributed by atoms with E-state index in [0.29, 0.717) is 5.75 Å². The fourth-order valence-corrected chi connectivity index (χ4v) is 3.96. The number of fused-ring (bicyclic) bond motifs is 1. The molecular weight excluding hydrogens is 398 g/mol. The summed E-state index contributed by atoms with van der Waals surface area (Å²) in [6.45, 7) is 12.7. The molecule has 1 atom stereocenters. The number of esters is 1. The Labute approximate surface area is 183 Å². The van der Waals surface area contributed by atoms with Gasteiger partial charge < -0.3 is 10.1 Å². The van der Waals surface area contributed by atoms with Gasteiger partial charge in [0, 0.05) is 17.3 Å². The Kier molecular flexibility index (Phi) is 6.14. The zero-order valence-corrected chi connectivity index (χ0v) is 19.2. The molecule has 1 aromatic carbocycles. The Hall–Kier alpha value is -2.53. The summed E-state index contributed by atoms with van der Waals surface area (Å²) in [5, 5.41) is 3.01. The number of carbonyl (C=O) groups excluding carboxylic acids is 1. The molecule has 0 fully saturated rings. The van der Waals surface area contributed by atoms with Gasteiger partial charge in [0.05, 0.1) is 0 Å². The fraction of sp³-hybridized carbons (Fsp3) is 0.417. The molecule has 5 nitrogen and oxygen atoms in total. The van der Waals surface area contributed by atoms with Gasteiger partial charge in [-0.3, -0.25) is 9.20 Å². The van der Waals surface area contributed by atoms with E-state index in [-0.39, 0.29) is 11.0 Å². The van der Waals surface area contributed by atoms with Crippen LogP contribution in [0.3, 0.4) is 0 Å². The number of imidazole rings is 1. The summed E-state index contributed by atoms with van der Waals surface area (Å²) in [5.41, 5.74) is 2.53. The van der Waals surface area contributed by atoms with Gasteiger partial charge in [-0.05, 0) is 56.9 Å². The minimum atomic E-state index is -0.709. The number of alkyl halides is 1. The topological polar surface area (TPSA) is 55.6 Å². The lowest BCUT2D eigenvalue weighted by atomic mass is 9.82. The number of rotatable bonds is 6. The molecule has 160 valence electrons. The van der Waals surface area contributed by atoms with Gasteiger partial charge in [-0.1, -0.05) is 39.0 Å². The van der Waals surface area contributed by atoms with Gasteiger partial charge >= 0.3 is 5.97 Å². The Morgan fingerprint density at radius 3 is 2.57 bits per heavy atom. The highest BCUT2D eigenvalue weighted by Gasteiger charge is 2.28. The Morgan fingerprint density at radius 2 is 1.90 bits per heavy atom. The average molecular weight is 428 g/mol. The van der Waals surface area contributed by atoms with Gasteiger partial charge in [0.15, 0.2) is 0 Å². The molecular formula is C24H30ClN3O2. The standard InChI is InChI=1S/C24H30ClN3O2/c1-16(25)22(29)30-18-11-9-10-17(14-18)20-21(27-24(5,6)15-23(2,3)4)28-13-8-7-12-19(28)26-20/h7-14,16,27H,15H2,1-6H3. The van der Waals surface area contributed by atoms with E-state index >= 15 is 0 Å². The zero-order valence-electron chi connectivity index (χ0n) is 18.5. The van der Waals surface area contributed by atoms with E-state index in [4.69, 9.17) is 21.3 Å². The number of hydrogen-bond donors (Lipinski definition) is 1. The highest BCUT2D eigenvalue weighted by atomic mass is 35.5. The molecule has 0 bridgehead atoms. The molecule has 0 aliphatic carbocycles. The van der Waals surface area contributed by atoms with Crippen molar-refractivity contribution in [1.29, 1.82) is 0 Å². The van der Waals surface area contributed by atoms with Crippen LogP contribution in [0.5, 0.6) is 5.75 Å². The first-order valence-electron chi connectivity index (χ1n) is 10.2. The molecule has 2 heterocycles. The second-order valence-corrected chi connectivity index (χ2v) is 10.2. The SMILES string of the molecule is CC(Cl)C(=O)Oc1cccc(-c2nc3ccccn3c2NC(C)(C)CC(C)(C)C)c1. The van der Waals surface area contributed by atoms with Gasteiger partial charge in [0.25, 0.3) is 0 Å². The van der Waals surface area contributed by atoms with Crippen molar-refractivity contribution < 1.29 is 9.53 Å². The van der Waals surface area contributed by atoms with Crippen LogP contribution in [-0.4, -0.2) is 26.3 Å². The van der Waals surface area contributed by atoms with Gasteiger partial charge in [0.1, 0.15) is 28.3 Å². The van der Waals surface area contributed by atoms with Crippen LogP contribution in [-0.2, 0) is 4.79 Å². The number of nitrogens with one attached hydrogen (secondary N) is 1. The summed E-state index contributed by atoms with van der Waals surface area (Å²) in [6, 6.07) is 13.3. The summed E-state index contributed by atoms with van der Waals surface area (Å²) in [5.74, 6) is 0.879. The molecule has 0 saturated heterocycles. The lowest BCUT2D eigenvalue weighted by Crippen LogP contribution is -2.36. The first-order chi connectivity index (χ1) is 14.0. The first-order valence-corrected chi connectivity index (χ1v) is 10.6. The van der Waals surface area contributed by atoms with Crippen molar-refractivity contribution in [2.45, 2.75) is 58.9 Å². The summed E-state index contributed by atoms with van der Waals surface area (Å²) >= 11 is 5.84. The van der Waals surface area contributed by atoms with Crippen LogP contribution in [0.15, 0.2) is 48.7 Å². The van der Waals surface area contributed by atoms with Crippen LogP contribution in [0.25, 0.3) is 16.9 Å². The van der Waals surface area contributed by atoms with Crippen LogP contribution < -0.4 is 10.1 Å². The number of carbonyl (C=O) groups is 1. The summed E-state index contributed by atoms with van der Waals surface area (Å²) in [6.07, 6.45) is 2.98. The van der Waals surface area contributed by atoms with Crippen LogP contribution in [0.1, 0.15) is 48.0 Å². The number of hydrogen-bond acceptors (Lipinski definition) is 4. The van der Waals surface area contributed by atoms with Crippen LogP contribution in [0, 0.1) is 5.41 Å². The lowest BCUT2D eigenvalue weighted by molar-refractivity contribution is -0.133. The zero-order chi connectivity index (χ0) is 22.1. The van der Waals surface area contributed by atoms with Gasteiger partial charge in [-0.25, -0.2) is 4.98 Å². The quantitative estimate of drug-likeness (QED) is 0.290. The van der Waals surface area contributed by atoms with Crippen LogP contribution in [0.4, 0.5) is 5.82 Å². The predicted molar refractivity (Wildman–Crippen MR) is 123 cm³/mol. The summed E-state index contributed by atoms with van der Waals surface area (Å²) in [7, 11) is 0. The monoisotopic (exact) mass is 427 g/mol. The second kappa shape index (κ2) is 8.31. The number of nitrogens with zero attached hydrogens (tertiary/aromatic N) is 2. The van der Waals surface area contributed by atoms with Crippen molar-refractivity contribution in [2.24, 2.45) is 5.41 Å². The first kappa shape index (κ1) is 22.2. The van der Waals surface area contributed by atoms with Gasteiger partial charge in [-0.2, -0.15) is 0 Å². The fourth-order valence-electron chi connectivity index (χ4n) is 3.91. The largest absolute Gasteiger partial charge is 0.425 e. The molecule has 0 saturated carbocycles. The molecule has 30 heavy (non-hydrogen) atoms. The number of aromatic nitrogens is 2. The maximum absolute atomic E-state index is 11.9. The third-order valence-electron chi connectivity index (χ3n) is 4.61. The van der Waals surface area contributed by atoms with Crippen molar-refractivity contribution in [3.8, 4) is 17.0 Å². The third-order valence-corrected chi connectivity index (χ3v) is 4.79. The second-order valence-electron chi connectivity index (χ2n) is 9.55. The number of ether oxygens (including phenoxy) is 1. The molecule has 1 unspecified atom stereocenters. The summed E-state index contributed by atoms with van der Waals surface area (Å²) in [4.78, 5) is 16.8. The summed E-state index contributed by atoms with van der Waals surface area (Å²) < 4.78 is 7.45. The molecule has 0 spiro atoms. The Balaban J connectivity index is 2.05. The molecule has 0 aliphatic rings. The predicted octanol–water partition coefficient (Wildman–Crippen LogP) is 6.16. The number of anilines is 1. The molecule has 0 radical (unpaired) electrons. The number of pyridine rings is 1. The highest BCUT2D eigenvalue weighted by molar-refractivity contribution is 6.29. The smallest absolute Gasteiger partial charge is 0.329 e. The van der Waals surface area contributed by atoms with Crippen molar-refractivity contribution in [3.63, 3.8) is 0 Å². The van der Waals surface area contributed by atoms with Crippen LogP contribution in [0.2, 0.25) is 0 Å². The van der Waals surface area contributed by atoms with Gasteiger partial charge in [0.2, 0.25) is 0 Å². The van der Waals surface area contributed by atoms with E-state index in [1.807, 2.05) is 42.6 Å². The van der Waals surface area contributed by atoms with E-state index in [1.165, 1.54) is 0 Å². The highest BCUT2D eigenvalue weighted by Crippen LogP contribution is 2.35. The van der Waals surface area contributed by atoms with Crippen molar-refractivity contribution in [1.82, 2.24) is 9.38 Å². The van der Waals surface area contributed by atoms with E-state index in [9.17, 15) is 4.79 Å². The van der Waals surface area contributed by atoms with E-state index in [2.05, 4.69) is 44.3 Å². The molecule has 0 amide bonds. The molecule has 3 aromatic rings. The van der Waals surface area contributed by atoms with Crippen LogP contribution >= 0.6 is 11.6 Å². The molecule has 6 heteroatoms. The van der Waals surface area contributed by atoms with Crippen molar-refractivity contribution >= 4 is 29.0 Å². The lowest BCUT2D eigenvalue weighted by Gasteiger charge is -2.34. The molecule has 2 aromatic heterocycles. The van der Waals surface area contributed by atoms with E-state index < -0.39 is 11.3 Å². The number of benzene rings is 1. The maximum atomic E-state index is 11.9. The third kappa shape index (κ3) is 5.33. The Bertz CT molecular complexity index is 1050. The Morgan fingerprint density at radius 1 is 1.17 bits per heavy atom. The van der Waals surface area contributed by atoms with E-state index in [0.717, 1.165) is 29.1 Å². The van der Waals surface area contributed by atoms with Gasteiger partial charge in [-0.15, -0.1) is 11.6 Å².